The Bertz CT molecular complexity index is 559. The number of aromatic nitrogens is 2. The molecule has 0 N–H and O–H groups in total. The minimum atomic E-state index is -4.42. The summed E-state index contributed by atoms with van der Waals surface area (Å²) in [5.41, 5.74) is -0.479. The quantitative estimate of drug-likeness (QED) is 0.691. The molecule has 0 bridgehead atoms. The van der Waals surface area contributed by atoms with Gasteiger partial charge in [0.2, 0.25) is 0 Å². The van der Waals surface area contributed by atoms with Crippen molar-refractivity contribution in [3.8, 4) is 10.6 Å². The van der Waals surface area contributed by atoms with Gasteiger partial charge in [-0.15, -0.1) is 11.3 Å². The molecule has 92 valence electrons. The van der Waals surface area contributed by atoms with E-state index in [1.807, 2.05) is 0 Å². The van der Waals surface area contributed by atoms with Crippen LogP contribution in [0, 0.1) is 0 Å². The Morgan fingerprint density at radius 2 is 1.94 bits per heavy atom. The van der Waals surface area contributed by atoms with Crippen molar-refractivity contribution in [2.75, 3.05) is 0 Å². The van der Waals surface area contributed by atoms with Crippen LogP contribution >= 0.6 is 43.2 Å². The van der Waals surface area contributed by atoms with Gasteiger partial charge in [0, 0.05) is 7.05 Å². The molecule has 0 aliphatic heterocycles. The molecule has 8 heteroatoms. The van der Waals surface area contributed by atoms with Crippen molar-refractivity contribution < 1.29 is 13.2 Å². The minimum absolute atomic E-state index is 0.0261. The van der Waals surface area contributed by atoms with Crippen molar-refractivity contribution in [3.63, 3.8) is 0 Å². The fourth-order valence-corrected chi connectivity index (χ4v) is 3.69. The minimum Gasteiger partial charge on any atom is -0.262 e. The van der Waals surface area contributed by atoms with Crippen molar-refractivity contribution in [2.24, 2.45) is 7.05 Å². The lowest BCUT2D eigenvalue weighted by atomic mass is 10.3. The maximum atomic E-state index is 12.7. The summed E-state index contributed by atoms with van der Waals surface area (Å²) in [5, 5.41) is 3.90. The van der Waals surface area contributed by atoms with E-state index in [2.05, 4.69) is 37.0 Å². The van der Waals surface area contributed by atoms with Crippen LogP contribution in [-0.4, -0.2) is 9.78 Å². The molecule has 0 aliphatic rings. The van der Waals surface area contributed by atoms with E-state index in [-0.39, 0.29) is 4.47 Å². The molecule has 0 amide bonds. The molecule has 0 spiro atoms. The number of thiophene rings is 1. The van der Waals surface area contributed by atoms with Crippen molar-refractivity contribution in [3.05, 3.63) is 26.1 Å². The second-order valence-corrected chi connectivity index (χ2v) is 6.49. The number of halogens is 5. The molecule has 0 atom stereocenters. The van der Waals surface area contributed by atoms with Gasteiger partial charge in [0.05, 0.1) is 13.1 Å². The van der Waals surface area contributed by atoms with E-state index in [4.69, 9.17) is 0 Å². The van der Waals surface area contributed by atoms with Gasteiger partial charge in [0.15, 0.2) is 5.69 Å². The van der Waals surface area contributed by atoms with Gasteiger partial charge in [-0.25, -0.2) is 0 Å². The van der Waals surface area contributed by atoms with E-state index in [0.717, 1.165) is 8.47 Å². The summed E-state index contributed by atoms with van der Waals surface area (Å²) in [7, 11) is 1.28. The Morgan fingerprint density at radius 1 is 1.29 bits per heavy atom. The van der Waals surface area contributed by atoms with E-state index in [1.54, 1.807) is 12.1 Å². The van der Waals surface area contributed by atoms with Crippen molar-refractivity contribution in [1.82, 2.24) is 9.78 Å². The Hall–Kier alpha value is -0.340. The van der Waals surface area contributed by atoms with Gasteiger partial charge in [-0.1, -0.05) is 0 Å². The van der Waals surface area contributed by atoms with Crippen molar-refractivity contribution in [2.45, 2.75) is 6.18 Å². The first kappa shape index (κ1) is 13.1. The highest BCUT2D eigenvalue weighted by Gasteiger charge is 2.38. The van der Waals surface area contributed by atoms with Gasteiger partial charge >= 0.3 is 6.18 Å². The lowest BCUT2D eigenvalue weighted by Crippen LogP contribution is -2.12. The summed E-state index contributed by atoms with van der Waals surface area (Å²) < 4.78 is 39.9. The van der Waals surface area contributed by atoms with Crippen LogP contribution in [0.3, 0.4) is 0 Å². The van der Waals surface area contributed by atoms with Crippen molar-refractivity contribution >= 4 is 43.2 Å². The van der Waals surface area contributed by atoms with Crippen LogP contribution in [0.15, 0.2) is 20.4 Å². The van der Waals surface area contributed by atoms with Crippen LogP contribution in [0.1, 0.15) is 5.69 Å². The first-order valence-corrected chi connectivity index (χ1v) is 6.76. The third-order valence-corrected chi connectivity index (χ3v) is 4.45. The Labute approximate surface area is 116 Å². The Kier molecular flexibility index (Phi) is 3.39. The zero-order valence-corrected chi connectivity index (χ0v) is 12.3. The van der Waals surface area contributed by atoms with E-state index < -0.39 is 11.9 Å². The summed E-state index contributed by atoms with van der Waals surface area (Å²) in [6, 6.07) is 3.50. The van der Waals surface area contributed by atoms with Crippen molar-refractivity contribution in [1.29, 1.82) is 0 Å². The predicted octanol–water partition coefficient (Wildman–Crippen LogP) is 4.69. The summed E-state index contributed by atoms with van der Waals surface area (Å²) in [6.07, 6.45) is -4.42. The van der Waals surface area contributed by atoms with Crippen LogP contribution in [0.5, 0.6) is 0 Å². The van der Waals surface area contributed by atoms with Gasteiger partial charge in [-0.05, 0) is 44.0 Å². The van der Waals surface area contributed by atoms with Crippen LogP contribution in [-0.2, 0) is 13.2 Å². The normalized spacial score (nSPS) is 12.1. The zero-order chi connectivity index (χ0) is 12.8. The smallest absolute Gasteiger partial charge is 0.262 e. The molecule has 0 aromatic carbocycles. The van der Waals surface area contributed by atoms with Gasteiger partial charge in [-0.3, -0.25) is 4.68 Å². The number of hydrogen-bond acceptors (Lipinski definition) is 2. The van der Waals surface area contributed by atoms with E-state index in [0.29, 0.717) is 10.6 Å². The molecule has 2 aromatic rings. The third-order valence-electron chi connectivity index (χ3n) is 2.06. The second kappa shape index (κ2) is 4.40. The standard InChI is InChI=1S/C9H5Br2F3N2S/c1-16-8(9(12,13)14)6(11)7(15-16)4-2-3-5(10)17-4/h2-3H,1H3. The number of alkyl halides is 3. The number of aryl methyl sites for hydroxylation is 1. The maximum Gasteiger partial charge on any atom is 0.434 e. The Morgan fingerprint density at radius 3 is 2.35 bits per heavy atom. The van der Waals surface area contributed by atoms with Crippen LogP contribution < -0.4 is 0 Å². The van der Waals surface area contributed by atoms with Gasteiger partial charge in [-0.2, -0.15) is 18.3 Å². The van der Waals surface area contributed by atoms with Crippen LogP contribution in [0.25, 0.3) is 10.6 Å². The fourth-order valence-electron chi connectivity index (χ4n) is 1.41. The van der Waals surface area contributed by atoms with Crippen LogP contribution in [0.4, 0.5) is 13.2 Å². The fraction of sp³-hybridized carbons (Fsp3) is 0.222. The molecular formula is C9H5Br2F3N2S. The summed E-state index contributed by atoms with van der Waals surface area (Å²) in [6.45, 7) is 0. The average molecular weight is 390 g/mol. The molecule has 2 rings (SSSR count). The van der Waals surface area contributed by atoms with Crippen LogP contribution in [0.2, 0.25) is 0 Å². The van der Waals surface area contributed by atoms with E-state index >= 15 is 0 Å². The molecule has 0 unspecified atom stereocenters. The lowest BCUT2D eigenvalue weighted by molar-refractivity contribution is -0.144. The summed E-state index contributed by atoms with van der Waals surface area (Å²) in [4.78, 5) is 0.676. The van der Waals surface area contributed by atoms with E-state index in [1.165, 1.54) is 18.4 Å². The summed E-state index contributed by atoms with van der Waals surface area (Å²) in [5.74, 6) is 0. The zero-order valence-electron chi connectivity index (χ0n) is 8.35. The lowest BCUT2D eigenvalue weighted by Gasteiger charge is -2.06. The molecule has 17 heavy (non-hydrogen) atoms. The molecule has 0 saturated carbocycles. The first-order valence-electron chi connectivity index (χ1n) is 4.36. The molecule has 0 saturated heterocycles. The van der Waals surface area contributed by atoms with Gasteiger partial charge in [0.1, 0.15) is 5.69 Å². The largest absolute Gasteiger partial charge is 0.434 e. The molecule has 2 nitrogen and oxygen atoms in total. The molecule has 2 aromatic heterocycles. The molecular weight excluding hydrogens is 385 g/mol. The summed E-state index contributed by atoms with van der Waals surface area (Å²) >= 11 is 7.57. The molecule has 2 heterocycles. The third kappa shape index (κ3) is 2.43. The second-order valence-electron chi connectivity index (χ2n) is 3.24. The highest BCUT2D eigenvalue weighted by Crippen LogP contribution is 2.41. The van der Waals surface area contributed by atoms with Gasteiger partial charge in [0.25, 0.3) is 0 Å². The average Bonchev–Trinajstić information content (AvgIpc) is 2.69. The number of hydrogen-bond donors (Lipinski definition) is 0. The molecule has 0 radical (unpaired) electrons. The van der Waals surface area contributed by atoms with E-state index in [9.17, 15) is 13.2 Å². The monoisotopic (exact) mass is 388 g/mol. The highest BCUT2D eigenvalue weighted by atomic mass is 79.9. The predicted molar refractivity (Wildman–Crippen MR) is 66.9 cm³/mol. The number of rotatable bonds is 1. The topological polar surface area (TPSA) is 17.8 Å². The Balaban J connectivity index is 2.59. The molecule has 0 fully saturated rings. The van der Waals surface area contributed by atoms with Gasteiger partial charge < -0.3 is 0 Å². The highest BCUT2D eigenvalue weighted by molar-refractivity contribution is 9.11. The first-order chi connectivity index (χ1) is 7.80. The SMILES string of the molecule is Cn1nc(-c2ccc(Br)s2)c(Br)c1C(F)(F)F. The maximum absolute atomic E-state index is 12.7. The molecule has 0 aliphatic carbocycles. The number of nitrogens with zero attached hydrogens (tertiary/aromatic N) is 2.